The number of aliphatic hydroxyl groups is 1. The molecule has 0 bridgehead atoms. The van der Waals surface area contributed by atoms with Gasteiger partial charge >= 0.3 is 0 Å². The van der Waals surface area contributed by atoms with Crippen molar-refractivity contribution in [1.29, 1.82) is 0 Å². The van der Waals surface area contributed by atoms with E-state index in [4.69, 9.17) is 11.6 Å². The first-order valence-electron chi connectivity index (χ1n) is 6.99. The Balaban J connectivity index is 2.02. The van der Waals surface area contributed by atoms with E-state index < -0.39 is 16.4 Å². The number of benzene rings is 1. The van der Waals surface area contributed by atoms with E-state index in [1.165, 1.54) is 0 Å². The van der Waals surface area contributed by atoms with E-state index in [1.54, 1.807) is 24.5 Å². The second kappa shape index (κ2) is 6.90. The first-order chi connectivity index (χ1) is 9.88. The molecule has 1 aliphatic rings. The molecule has 1 atom stereocenters. The smallest absolute Gasteiger partial charge is 0.227 e. The molecule has 1 aromatic rings. The fraction of sp³-hybridized carbons (Fsp3) is 0.533. The molecule has 21 heavy (non-hydrogen) atoms. The Kier molecular flexibility index (Phi) is 5.41. The van der Waals surface area contributed by atoms with Crippen LogP contribution in [0.1, 0.15) is 37.7 Å². The molecule has 0 heterocycles. The van der Waals surface area contributed by atoms with Gasteiger partial charge in [0.25, 0.3) is 0 Å². The van der Waals surface area contributed by atoms with E-state index in [9.17, 15) is 14.1 Å². The van der Waals surface area contributed by atoms with Crippen molar-refractivity contribution in [2.75, 3.05) is 11.6 Å². The van der Waals surface area contributed by atoms with Gasteiger partial charge in [0.2, 0.25) is 5.91 Å². The van der Waals surface area contributed by atoms with E-state index in [2.05, 4.69) is 5.32 Å². The third kappa shape index (κ3) is 4.80. The zero-order valence-electron chi connectivity index (χ0n) is 12.0. The number of amides is 1. The average Bonchev–Trinajstić information content (AvgIpc) is 2.79. The molecule has 1 fully saturated rings. The molecule has 2 N–H and O–H groups in total. The second-order valence-corrected chi connectivity index (χ2v) is 7.52. The molecule has 1 saturated carbocycles. The Morgan fingerprint density at radius 3 is 2.71 bits per heavy atom. The lowest BCUT2D eigenvalue weighted by atomic mass is 9.97. The van der Waals surface area contributed by atoms with Crippen LogP contribution in [0.25, 0.3) is 0 Å². The molecule has 6 heteroatoms. The van der Waals surface area contributed by atoms with Gasteiger partial charge in [-0.15, -0.1) is 0 Å². The molecular formula is C15H20ClNO3S. The summed E-state index contributed by atoms with van der Waals surface area (Å²) in [7, 11) is -0.995. The number of hydrogen-bond donors (Lipinski definition) is 2. The van der Waals surface area contributed by atoms with E-state index in [1.807, 2.05) is 0 Å². The highest BCUT2D eigenvalue weighted by Gasteiger charge is 2.33. The predicted octanol–water partition coefficient (Wildman–Crippen LogP) is 2.85. The summed E-state index contributed by atoms with van der Waals surface area (Å²) in [4.78, 5) is 12.0. The van der Waals surface area contributed by atoms with E-state index in [0.29, 0.717) is 29.3 Å². The Morgan fingerprint density at radius 2 is 2.10 bits per heavy atom. The van der Waals surface area contributed by atoms with Crippen LogP contribution >= 0.6 is 11.6 Å². The van der Waals surface area contributed by atoms with Crippen molar-refractivity contribution in [3.8, 4) is 0 Å². The minimum atomic E-state index is -0.995. The van der Waals surface area contributed by atoms with E-state index in [0.717, 1.165) is 18.4 Å². The monoisotopic (exact) mass is 329 g/mol. The van der Waals surface area contributed by atoms with Gasteiger partial charge in [-0.05, 0) is 36.6 Å². The Labute approximate surface area is 132 Å². The number of halogens is 1. The minimum absolute atomic E-state index is 0.116. The number of rotatable bonds is 5. The van der Waals surface area contributed by atoms with Gasteiger partial charge in [0.1, 0.15) is 0 Å². The third-order valence-corrected chi connectivity index (χ3v) is 4.80. The molecule has 0 spiro atoms. The fourth-order valence-corrected chi connectivity index (χ4v) is 3.64. The molecule has 0 saturated heterocycles. The largest absolute Gasteiger partial charge is 0.389 e. The van der Waals surface area contributed by atoms with Gasteiger partial charge in [0.05, 0.1) is 12.0 Å². The lowest BCUT2D eigenvalue weighted by Gasteiger charge is -2.21. The summed E-state index contributed by atoms with van der Waals surface area (Å²) in [6.07, 6.45) is 5.03. The van der Waals surface area contributed by atoms with Crippen LogP contribution in [-0.4, -0.2) is 27.1 Å². The number of hydrogen-bond acceptors (Lipinski definition) is 3. The molecule has 1 amide bonds. The van der Waals surface area contributed by atoms with Gasteiger partial charge in [-0.25, -0.2) is 0 Å². The predicted molar refractivity (Wildman–Crippen MR) is 85.9 cm³/mol. The lowest BCUT2D eigenvalue weighted by molar-refractivity contribution is -0.120. The maximum absolute atomic E-state index is 12.0. The molecule has 116 valence electrons. The number of nitrogens with one attached hydrogen (secondary N) is 1. The zero-order chi connectivity index (χ0) is 15.5. The quantitative estimate of drug-likeness (QED) is 0.873. The second-order valence-electron chi connectivity index (χ2n) is 5.68. The maximum Gasteiger partial charge on any atom is 0.227 e. The summed E-state index contributed by atoms with van der Waals surface area (Å²) in [6, 6.07) is 5.13. The molecular weight excluding hydrogens is 310 g/mol. The van der Waals surface area contributed by atoms with Crippen LogP contribution < -0.4 is 5.32 Å². The average molecular weight is 330 g/mol. The summed E-state index contributed by atoms with van der Waals surface area (Å²) in [6.45, 7) is 0. The highest BCUT2D eigenvalue weighted by atomic mass is 35.5. The fourth-order valence-electron chi connectivity index (χ4n) is 2.70. The molecule has 1 aliphatic carbocycles. The number of carbonyl (C=O) groups excluding carboxylic acids is 1. The molecule has 4 nitrogen and oxygen atoms in total. The van der Waals surface area contributed by atoms with Crippen LogP contribution in [0.3, 0.4) is 0 Å². The summed E-state index contributed by atoms with van der Waals surface area (Å²) < 4.78 is 11.3. The van der Waals surface area contributed by atoms with Crippen molar-refractivity contribution in [3.05, 3.63) is 28.8 Å². The Morgan fingerprint density at radius 1 is 1.43 bits per heavy atom. The summed E-state index contributed by atoms with van der Waals surface area (Å²) >= 11 is 6.05. The van der Waals surface area contributed by atoms with Gasteiger partial charge in [-0.2, -0.15) is 0 Å². The van der Waals surface area contributed by atoms with Gasteiger partial charge in [0.15, 0.2) is 0 Å². The van der Waals surface area contributed by atoms with Crippen molar-refractivity contribution < 1.29 is 14.1 Å². The highest BCUT2D eigenvalue weighted by Crippen LogP contribution is 2.32. The van der Waals surface area contributed by atoms with Crippen molar-refractivity contribution in [1.82, 2.24) is 0 Å². The lowest BCUT2D eigenvalue weighted by Crippen LogP contribution is -2.30. The first-order valence-corrected chi connectivity index (χ1v) is 9.09. The van der Waals surface area contributed by atoms with Gasteiger partial charge < -0.3 is 10.4 Å². The number of anilines is 1. The standard InChI is InChI=1S/C15H20ClNO3S/c1-21(20)10-11-8-12(4-5-13(11)16)17-14(18)9-15(19)6-2-3-7-15/h4-5,8,19H,2-3,6-7,9-10H2,1H3,(H,17,18). The zero-order valence-corrected chi connectivity index (χ0v) is 13.6. The SMILES string of the molecule is CS(=O)Cc1cc(NC(=O)CC2(O)CCCC2)ccc1Cl. The first kappa shape index (κ1) is 16.5. The van der Waals surface area contributed by atoms with E-state index >= 15 is 0 Å². The Bertz CT molecular complexity index is 556. The van der Waals surface area contributed by atoms with E-state index in [-0.39, 0.29) is 12.3 Å². The minimum Gasteiger partial charge on any atom is -0.389 e. The third-order valence-electron chi connectivity index (χ3n) is 3.71. The van der Waals surface area contributed by atoms with Crippen LogP contribution in [0.4, 0.5) is 5.69 Å². The normalized spacial score (nSPS) is 18.4. The number of carbonyl (C=O) groups is 1. The van der Waals surface area contributed by atoms with Crippen molar-refractivity contribution in [3.63, 3.8) is 0 Å². The summed E-state index contributed by atoms with van der Waals surface area (Å²) in [5.74, 6) is 0.150. The van der Waals surface area contributed by atoms with Gasteiger partial charge in [-0.1, -0.05) is 24.4 Å². The van der Waals surface area contributed by atoms with Crippen LogP contribution in [0.2, 0.25) is 5.02 Å². The summed E-state index contributed by atoms with van der Waals surface area (Å²) in [5, 5.41) is 13.6. The van der Waals surface area contributed by atoms with Gasteiger partial charge in [-0.3, -0.25) is 9.00 Å². The van der Waals surface area contributed by atoms with Crippen molar-refractivity contribution in [2.45, 2.75) is 43.5 Å². The molecule has 2 rings (SSSR count). The molecule has 1 aromatic carbocycles. The highest BCUT2D eigenvalue weighted by molar-refractivity contribution is 7.83. The molecule has 0 aromatic heterocycles. The molecule has 0 aliphatic heterocycles. The Hall–Kier alpha value is -0.910. The van der Waals surface area contributed by atoms with Crippen LogP contribution in [0, 0.1) is 0 Å². The maximum atomic E-state index is 12.0. The van der Waals surface area contributed by atoms with Crippen molar-refractivity contribution >= 4 is 34.0 Å². The van der Waals surface area contributed by atoms with Crippen molar-refractivity contribution in [2.24, 2.45) is 0 Å². The van der Waals surface area contributed by atoms with Crippen LogP contribution in [0.15, 0.2) is 18.2 Å². The van der Waals surface area contributed by atoms with Crippen LogP contribution in [-0.2, 0) is 21.3 Å². The molecule has 0 radical (unpaired) electrons. The van der Waals surface area contributed by atoms with Gasteiger partial charge in [0, 0.05) is 33.5 Å². The van der Waals surface area contributed by atoms with Crippen LogP contribution in [0.5, 0.6) is 0 Å². The summed E-state index contributed by atoms with van der Waals surface area (Å²) in [5.41, 5.74) is 0.505. The topological polar surface area (TPSA) is 66.4 Å². The molecule has 1 unspecified atom stereocenters.